The van der Waals surface area contributed by atoms with Gasteiger partial charge in [0.2, 0.25) is 15.9 Å². The average molecular weight is 351 g/mol. The largest absolute Gasteiger partial charge is 0.384 e. The summed E-state index contributed by atoms with van der Waals surface area (Å²) < 4.78 is 30.4. The summed E-state index contributed by atoms with van der Waals surface area (Å²) in [7, 11) is -1.86. The average Bonchev–Trinajstić information content (AvgIpc) is 2.60. The molecule has 0 atom stereocenters. The molecule has 1 amide bonds. The van der Waals surface area contributed by atoms with E-state index in [1.807, 2.05) is 6.07 Å². The lowest BCUT2D eigenvalue weighted by atomic mass is 9.97. The summed E-state index contributed by atoms with van der Waals surface area (Å²) in [6.45, 7) is 0.836. The Balaban J connectivity index is 1.90. The lowest BCUT2D eigenvalue weighted by molar-refractivity contribution is -0.120. The number of rotatable bonds is 6. The van der Waals surface area contributed by atoms with E-state index in [-0.39, 0.29) is 24.2 Å². The molecule has 7 nitrogen and oxygen atoms in total. The molecule has 1 fully saturated rings. The molecule has 24 heavy (non-hydrogen) atoms. The van der Waals surface area contributed by atoms with Crippen LogP contribution >= 0.6 is 0 Å². The second-order valence-electron chi connectivity index (χ2n) is 5.66. The number of carbonyl (C=O) groups is 1. The van der Waals surface area contributed by atoms with Gasteiger partial charge in [0.1, 0.15) is 0 Å². The van der Waals surface area contributed by atoms with Crippen LogP contribution in [0.3, 0.4) is 0 Å². The highest BCUT2D eigenvalue weighted by Crippen LogP contribution is 2.22. The normalized spacial score (nSPS) is 16.5. The van der Waals surface area contributed by atoms with Crippen LogP contribution in [-0.4, -0.2) is 51.2 Å². The van der Waals surface area contributed by atoms with E-state index >= 15 is 0 Å². The lowest BCUT2D eigenvalue weighted by Crippen LogP contribution is -2.42. The van der Waals surface area contributed by atoms with E-state index in [0.717, 1.165) is 0 Å². The molecule has 2 rings (SSSR count). The number of amides is 1. The van der Waals surface area contributed by atoms with Crippen LogP contribution in [0.4, 0.5) is 5.69 Å². The number of piperidine rings is 1. The molecule has 1 aromatic rings. The van der Waals surface area contributed by atoms with Crippen LogP contribution in [0.15, 0.2) is 24.3 Å². The second-order valence-corrected chi connectivity index (χ2v) is 7.75. The third-order valence-corrected chi connectivity index (χ3v) is 5.86. The van der Waals surface area contributed by atoms with Crippen molar-refractivity contribution in [1.29, 1.82) is 5.26 Å². The monoisotopic (exact) mass is 351 g/mol. The van der Waals surface area contributed by atoms with Gasteiger partial charge in [-0.3, -0.25) is 4.79 Å². The van der Waals surface area contributed by atoms with Crippen molar-refractivity contribution < 1.29 is 17.9 Å². The molecular weight excluding hydrogens is 330 g/mol. The maximum Gasteiger partial charge on any atom is 0.227 e. The fraction of sp³-hybridized carbons (Fsp3) is 0.500. The number of hydrogen-bond donors (Lipinski definition) is 1. The predicted octanol–water partition coefficient (Wildman–Crippen LogP) is 1.18. The topological polar surface area (TPSA) is 99.5 Å². The number of nitrogens with one attached hydrogen (secondary N) is 1. The van der Waals surface area contributed by atoms with Crippen molar-refractivity contribution >= 4 is 21.6 Å². The van der Waals surface area contributed by atoms with E-state index in [1.165, 1.54) is 11.4 Å². The zero-order valence-electron chi connectivity index (χ0n) is 13.6. The second kappa shape index (κ2) is 8.24. The molecule has 1 aromatic carbocycles. The minimum Gasteiger partial charge on any atom is -0.384 e. The van der Waals surface area contributed by atoms with Gasteiger partial charge in [-0.25, -0.2) is 12.7 Å². The summed E-state index contributed by atoms with van der Waals surface area (Å²) in [6, 6.07) is 8.74. The fourth-order valence-corrected chi connectivity index (χ4v) is 4.03. The molecule has 8 heteroatoms. The van der Waals surface area contributed by atoms with Crippen LogP contribution in [-0.2, 0) is 19.6 Å². The lowest BCUT2D eigenvalue weighted by Gasteiger charge is -2.30. The smallest absolute Gasteiger partial charge is 0.227 e. The Morgan fingerprint density at radius 1 is 1.42 bits per heavy atom. The van der Waals surface area contributed by atoms with Crippen molar-refractivity contribution in [3.63, 3.8) is 0 Å². The zero-order chi connectivity index (χ0) is 17.6. The number of nitrogens with zero attached hydrogens (tertiary/aromatic N) is 2. The summed E-state index contributed by atoms with van der Waals surface area (Å²) in [5, 5.41) is 11.7. The molecule has 0 radical (unpaired) electrons. The first-order valence-corrected chi connectivity index (χ1v) is 9.35. The van der Waals surface area contributed by atoms with Crippen molar-refractivity contribution in [2.24, 2.45) is 5.92 Å². The molecule has 0 saturated carbocycles. The van der Waals surface area contributed by atoms with Gasteiger partial charge < -0.3 is 10.1 Å². The summed E-state index contributed by atoms with van der Waals surface area (Å²) in [5.41, 5.74) is 1.06. The van der Waals surface area contributed by atoms with Crippen LogP contribution < -0.4 is 5.32 Å². The Bertz CT molecular complexity index is 719. The number of carbonyl (C=O) groups excluding carboxylic acids is 1. The van der Waals surface area contributed by atoms with E-state index < -0.39 is 10.0 Å². The number of sulfonamides is 1. The van der Waals surface area contributed by atoms with Gasteiger partial charge in [-0.15, -0.1) is 0 Å². The first-order chi connectivity index (χ1) is 11.5. The Hall–Kier alpha value is -1.95. The Labute approximate surface area is 142 Å². The maximum absolute atomic E-state index is 12.3. The van der Waals surface area contributed by atoms with Crippen molar-refractivity contribution in [2.75, 3.05) is 37.9 Å². The van der Waals surface area contributed by atoms with Gasteiger partial charge in [0.05, 0.1) is 24.0 Å². The van der Waals surface area contributed by atoms with Crippen molar-refractivity contribution in [2.45, 2.75) is 12.8 Å². The van der Waals surface area contributed by atoms with E-state index in [1.54, 1.807) is 24.3 Å². The highest BCUT2D eigenvalue weighted by Gasteiger charge is 2.30. The van der Waals surface area contributed by atoms with E-state index in [9.17, 15) is 13.2 Å². The van der Waals surface area contributed by atoms with Crippen molar-refractivity contribution in [1.82, 2.24) is 4.31 Å². The maximum atomic E-state index is 12.3. The summed E-state index contributed by atoms with van der Waals surface area (Å²) in [5.74, 6) is -0.412. The molecule has 130 valence electrons. The van der Waals surface area contributed by atoms with Crippen LogP contribution in [0, 0.1) is 17.2 Å². The molecule has 1 heterocycles. The summed E-state index contributed by atoms with van der Waals surface area (Å²) in [6.07, 6.45) is 0.964. The number of methoxy groups -OCH3 is 1. The van der Waals surface area contributed by atoms with Crippen LogP contribution in [0.5, 0.6) is 0 Å². The highest BCUT2D eigenvalue weighted by atomic mass is 32.2. The SMILES string of the molecule is COCCS(=O)(=O)N1CCC(C(=O)Nc2cccc(C#N)c2)CC1. The van der Waals surface area contributed by atoms with Gasteiger partial charge in [0.15, 0.2) is 0 Å². The molecule has 0 spiro atoms. The number of ether oxygens (including phenoxy) is 1. The first-order valence-electron chi connectivity index (χ1n) is 7.74. The highest BCUT2D eigenvalue weighted by molar-refractivity contribution is 7.89. The number of nitriles is 1. The van der Waals surface area contributed by atoms with Crippen LogP contribution in [0.2, 0.25) is 0 Å². The molecule has 0 bridgehead atoms. The fourth-order valence-electron chi connectivity index (χ4n) is 2.62. The molecule has 0 unspecified atom stereocenters. The minimum absolute atomic E-state index is 0.0404. The minimum atomic E-state index is -3.32. The zero-order valence-corrected chi connectivity index (χ0v) is 14.4. The van der Waals surface area contributed by atoms with E-state index in [4.69, 9.17) is 10.00 Å². The van der Waals surface area contributed by atoms with Gasteiger partial charge >= 0.3 is 0 Å². The molecule has 1 aliphatic heterocycles. The molecule has 0 aromatic heterocycles. The van der Waals surface area contributed by atoms with Crippen molar-refractivity contribution in [3.8, 4) is 6.07 Å². The standard InChI is InChI=1S/C16H21N3O4S/c1-23-9-10-24(21,22)19-7-5-14(6-8-19)16(20)18-15-4-2-3-13(11-15)12-17/h2-4,11,14H,5-10H2,1H3,(H,18,20). The molecular formula is C16H21N3O4S. The Morgan fingerprint density at radius 2 is 2.12 bits per heavy atom. The number of benzene rings is 1. The molecule has 1 aliphatic rings. The summed E-state index contributed by atoms with van der Waals surface area (Å²) in [4.78, 5) is 12.3. The van der Waals surface area contributed by atoms with E-state index in [0.29, 0.717) is 37.2 Å². The van der Waals surface area contributed by atoms with Gasteiger partial charge in [0.25, 0.3) is 0 Å². The summed E-state index contributed by atoms with van der Waals surface area (Å²) >= 11 is 0. The van der Waals surface area contributed by atoms with Gasteiger partial charge in [-0.1, -0.05) is 6.07 Å². The molecule has 0 aliphatic carbocycles. The molecule has 1 N–H and O–H groups in total. The Morgan fingerprint density at radius 3 is 2.75 bits per heavy atom. The number of hydrogen-bond acceptors (Lipinski definition) is 5. The van der Waals surface area contributed by atoms with Gasteiger partial charge in [-0.2, -0.15) is 5.26 Å². The van der Waals surface area contributed by atoms with Crippen molar-refractivity contribution in [3.05, 3.63) is 29.8 Å². The van der Waals surface area contributed by atoms with Gasteiger partial charge in [-0.05, 0) is 31.0 Å². The predicted molar refractivity (Wildman–Crippen MR) is 89.7 cm³/mol. The van der Waals surface area contributed by atoms with E-state index in [2.05, 4.69) is 5.32 Å². The van der Waals surface area contributed by atoms with Crippen LogP contribution in [0.1, 0.15) is 18.4 Å². The number of anilines is 1. The Kier molecular flexibility index (Phi) is 6.31. The van der Waals surface area contributed by atoms with Gasteiger partial charge in [0, 0.05) is 31.8 Å². The first kappa shape index (κ1) is 18.4. The molecule has 1 saturated heterocycles. The third-order valence-electron chi connectivity index (χ3n) is 4.02. The quantitative estimate of drug-likeness (QED) is 0.830. The third kappa shape index (κ3) is 4.77. The van der Waals surface area contributed by atoms with Crippen LogP contribution in [0.25, 0.3) is 0 Å².